The van der Waals surface area contributed by atoms with Gasteiger partial charge in [-0.25, -0.2) is 8.42 Å². The molecule has 178 valence electrons. The minimum Gasteiger partial charge on any atom is -0.339 e. The van der Waals surface area contributed by atoms with Gasteiger partial charge in [0.2, 0.25) is 0 Å². The van der Waals surface area contributed by atoms with Crippen molar-refractivity contribution in [3.8, 4) is 0 Å². The molecule has 3 aromatic carbocycles. The fourth-order valence-electron chi connectivity index (χ4n) is 4.74. The minimum absolute atomic E-state index is 0.110. The lowest BCUT2D eigenvalue weighted by Gasteiger charge is -2.32. The highest BCUT2D eigenvalue weighted by Gasteiger charge is 2.26. The van der Waals surface area contributed by atoms with E-state index in [1.54, 1.807) is 31.2 Å². The maximum atomic E-state index is 13.2. The molecule has 0 bridgehead atoms. The number of benzene rings is 3. The van der Waals surface area contributed by atoms with Gasteiger partial charge in [0.15, 0.2) is 0 Å². The van der Waals surface area contributed by atoms with Gasteiger partial charge in [-0.1, -0.05) is 42.5 Å². The summed E-state index contributed by atoms with van der Waals surface area (Å²) in [5.74, 6) is 0.448. The summed E-state index contributed by atoms with van der Waals surface area (Å²) in [4.78, 5) is 15.2. The number of anilines is 1. The molecule has 0 spiro atoms. The van der Waals surface area contributed by atoms with Crippen molar-refractivity contribution < 1.29 is 13.2 Å². The van der Waals surface area contributed by atoms with Gasteiger partial charge in [0.1, 0.15) is 0 Å². The number of piperidine rings is 1. The summed E-state index contributed by atoms with van der Waals surface area (Å²) in [5, 5.41) is 0. The summed E-state index contributed by atoms with van der Waals surface area (Å²) in [7, 11) is -3.83. The molecule has 0 unspecified atom stereocenters. The number of hydrogen-bond donors (Lipinski definition) is 1. The lowest BCUT2D eigenvalue weighted by Crippen LogP contribution is -2.39. The normalized spacial score (nSPS) is 14.7. The minimum atomic E-state index is -3.83. The van der Waals surface area contributed by atoms with Gasteiger partial charge in [-0.15, -0.1) is 0 Å². The Kier molecular flexibility index (Phi) is 7.08. The Hall–Kier alpha value is -3.12. The Morgan fingerprint density at radius 3 is 2.21 bits per heavy atom. The van der Waals surface area contributed by atoms with Crippen molar-refractivity contribution in [2.75, 3.05) is 17.8 Å². The summed E-state index contributed by atoms with van der Waals surface area (Å²) < 4.78 is 29.0. The third-order valence-electron chi connectivity index (χ3n) is 6.47. The summed E-state index contributed by atoms with van der Waals surface area (Å²) in [6.45, 7) is 6.98. The first-order valence-corrected chi connectivity index (χ1v) is 13.2. The average Bonchev–Trinajstić information content (AvgIpc) is 2.79. The molecule has 1 aliphatic heterocycles. The molecule has 1 saturated heterocycles. The fraction of sp³-hybridized carbons (Fsp3) is 0.321. The third kappa shape index (κ3) is 5.68. The van der Waals surface area contributed by atoms with Gasteiger partial charge in [0.05, 0.1) is 4.90 Å². The van der Waals surface area contributed by atoms with E-state index in [2.05, 4.69) is 29.0 Å². The van der Waals surface area contributed by atoms with Gasteiger partial charge >= 0.3 is 0 Å². The second-order valence-corrected chi connectivity index (χ2v) is 11.0. The van der Waals surface area contributed by atoms with E-state index in [0.29, 0.717) is 35.8 Å². The Labute approximate surface area is 202 Å². The van der Waals surface area contributed by atoms with Crippen LogP contribution in [0, 0.1) is 26.7 Å². The Bertz CT molecular complexity index is 1260. The zero-order valence-electron chi connectivity index (χ0n) is 20.0. The molecule has 5 nitrogen and oxygen atoms in total. The zero-order chi connectivity index (χ0) is 24.3. The highest BCUT2D eigenvalue weighted by molar-refractivity contribution is 7.92. The first-order valence-electron chi connectivity index (χ1n) is 11.8. The summed E-state index contributed by atoms with van der Waals surface area (Å²) in [5.41, 5.74) is 4.83. The quantitative estimate of drug-likeness (QED) is 0.510. The molecule has 3 aromatic rings. The number of sulfonamides is 1. The SMILES string of the molecule is Cc1cc(C)cc(NS(=O)(=O)c2cc(C(=O)N3CCC(Cc4ccccc4)CC3)ccc2C)c1. The maximum Gasteiger partial charge on any atom is 0.262 e. The van der Waals surface area contributed by atoms with Crippen LogP contribution in [0.5, 0.6) is 0 Å². The number of rotatable bonds is 6. The Balaban J connectivity index is 1.46. The third-order valence-corrected chi connectivity index (χ3v) is 7.99. The van der Waals surface area contributed by atoms with Crippen LogP contribution in [0.1, 0.15) is 45.5 Å². The van der Waals surface area contributed by atoms with Crippen molar-refractivity contribution in [2.24, 2.45) is 5.92 Å². The number of carbonyl (C=O) groups is 1. The molecule has 4 rings (SSSR count). The highest BCUT2D eigenvalue weighted by Crippen LogP contribution is 2.26. The molecule has 0 aliphatic carbocycles. The van der Waals surface area contributed by atoms with Crippen molar-refractivity contribution in [1.82, 2.24) is 4.90 Å². The predicted octanol–water partition coefficient (Wildman–Crippen LogP) is 5.51. The van der Waals surface area contributed by atoms with Gasteiger partial charge in [0, 0.05) is 24.3 Å². The number of nitrogens with one attached hydrogen (secondary N) is 1. The van der Waals surface area contributed by atoms with Crippen LogP contribution in [0.2, 0.25) is 0 Å². The second kappa shape index (κ2) is 10.0. The summed E-state index contributed by atoms with van der Waals surface area (Å²) in [6.07, 6.45) is 2.93. The number of aryl methyl sites for hydroxylation is 3. The highest BCUT2D eigenvalue weighted by atomic mass is 32.2. The van der Waals surface area contributed by atoms with Crippen LogP contribution in [0.15, 0.2) is 71.6 Å². The van der Waals surface area contributed by atoms with Crippen molar-refractivity contribution in [2.45, 2.75) is 44.9 Å². The molecule has 0 saturated carbocycles. The molecule has 1 amide bonds. The van der Waals surface area contributed by atoms with Gasteiger partial charge in [-0.2, -0.15) is 0 Å². The standard InChI is InChI=1S/C28H32N2O3S/c1-20-15-21(2)17-26(16-20)29-34(32,33)27-19-25(10-9-22(27)3)28(31)30-13-11-24(12-14-30)18-23-7-5-4-6-8-23/h4-10,15-17,19,24,29H,11-14,18H2,1-3H3. The fourth-order valence-corrected chi connectivity index (χ4v) is 6.05. The molecular formula is C28H32N2O3S. The topological polar surface area (TPSA) is 66.5 Å². The number of carbonyl (C=O) groups excluding carboxylic acids is 1. The number of amides is 1. The molecule has 0 atom stereocenters. The predicted molar refractivity (Wildman–Crippen MR) is 137 cm³/mol. The molecule has 1 N–H and O–H groups in total. The lowest BCUT2D eigenvalue weighted by atomic mass is 9.90. The van der Waals surface area contributed by atoms with E-state index in [1.165, 1.54) is 11.6 Å². The van der Waals surface area contributed by atoms with Gasteiger partial charge in [-0.3, -0.25) is 9.52 Å². The zero-order valence-corrected chi connectivity index (χ0v) is 20.9. The maximum absolute atomic E-state index is 13.2. The van der Waals surface area contributed by atoms with E-state index in [0.717, 1.165) is 30.4 Å². The molecule has 6 heteroatoms. The molecule has 0 aromatic heterocycles. The van der Waals surface area contributed by atoms with Crippen LogP contribution >= 0.6 is 0 Å². The van der Waals surface area contributed by atoms with E-state index in [4.69, 9.17) is 0 Å². The molecule has 0 radical (unpaired) electrons. The van der Waals surface area contributed by atoms with E-state index in [1.807, 2.05) is 30.9 Å². The number of nitrogens with zero attached hydrogens (tertiary/aromatic N) is 1. The molecule has 1 heterocycles. The van der Waals surface area contributed by atoms with Crippen LogP contribution in [-0.4, -0.2) is 32.3 Å². The van der Waals surface area contributed by atoms with Crippen molar-refractivity contribution in [3.05, 3.63) is 94.5 Å². The monoisotopic (exact) mass is 476 g/mol. The largest absolute Gasteiger partial charge is 0.339 e. The molecule has 1 aliphatic rings. The summed E-state index contributed by atoms with van der Waals surface area (Å²) >= 11 is 0. The first kappa shape index (κ1) is 24.0. The van der Waals surface area contributed by atoms with Crippen LogP contribution in [-0.2, 0) is 16.4 Å². The molecular weight excluding hydrogens is 444 g/mol. The van der Waals surface area contributed by atoms with Gasteiger partial charge in [0.25, 0.3) is 15.9 Å². The van der Waals surface area contributed by atoms with Gasteiger partial charge < -0.3 is 4.90 Å². The van der Waals surface area contributed by atoms with Crippen LogP contribution in [0.3, 0.4) is 0 Å². The van der Waals surface area contributed by atoms with E-state index < -0.39 is 10.0 Å². The average molecular weight is 477 g/mol. The smallest absolute Gasteiger partial charge is 0.262 e. The Morgan fingerprint density at radius 2 is 1.56 bits per heavy atom. The van der Waals surface area contributed by atoms with Crippen molar-refractivity contribution in [3.63, 3.8) is 0 Å². The number of likely N-dealkylation sites (tertiary alicyclic amines) is 1. The molecule has 34 heavy (non-hydrogen) atoms. The van der Waals surface area contributed by atoms with Crippen LogP contribution < -0.4 is 4.72 Å². The first-order chi connectivity index (χ1) is 16.2. The van der Waals surface area contributed by atoms with E-state index >= 15 is 0 Å². The van der Waals surface area contributed by atoms with E-state index in [-0.39, 0.29) is 10.8 Å². The van der Waals surface area contributed by atoms with E-state index in [9.17, 15) is 13.2 Å². The van der Waals surface area contributed by atoms with Crippen LogP contribution in [0.4, 0.5) is 5.69 Å². The number of hydrogen-bond acceptors (Lipinski definition) is 3. The summed E-state index contributed by atoms with van der Waals surface area (Å²) in [6, 6.07) is 21.0. The molecule has 1 fully saturated rings. The van der Waals surface area contributed by atoms with Crippen molar-refractivity contribution >= 4 is 21.6 Å². The van der Waals surface area contributed by atoms with Crippen molar-refractivity contribution in [1.29, 1.82) is 0 Å². The van der Waals surface area contributed by atoms with Crippen LogP contribution in [0.25, 0.3) is 0 Å². The second-order valence-electron chi connectivity index (χ2n) is 9.39. The lowest BCUT2D eigenvalue weighted by molar-refractivity contribution is 0.0690. The Morgan fingerprint density at radius 1 is 0.912 bits per heavy atom. The van der Waals surface area contributed by atoms with Gasteiger partial charge in [-0.05, 0) is 92.5 Å².